The Kier molecular flexibility index (Phi) is 42.2. The summed E-state index contributed by atoms with van der Waals surface area (Å²) in [6, 6.07) is -1.57. The summed E-state index contributed by atoms with van der Waals surface area (Å²) in [6.45, 7) is 2.47. The van der Waals surface area contributed by atoms with Crippen LogP contribution in [0.2, 0.25) is 0 Å². The number of allylic oxidation sites excluding steroid dienone is 8. The zero-order chi connectivity index (χ0) is 44.9. The molecule has 3 unspecified atom stereocenters. The Morgan fingerprint density at radius 3 is 1.41 bits per heavy atom. The number of hydrogen-bond acceptors (Lipinski definition) is 8. The minimum atomic E-state index is -4.77. The lowest BCUT2D eigenvalue weighted by atomic mass is 10.0. The summed E-state index contributed by atoms with van der Waals surface area (Å²) >= 11 is 0. The van der Waals surface area contributed by atoms with Gasteiger partial charge in [-0.25, -0.2) is 9.36 Å². The molecule has 0 saturated heterocycles. The highest BCUT2D eigenvalue weighted by Gasteiger charge is 2.28. The van der Waals surface area contributed by atoms with Gasteiger partial charge in [0.15, 0.2) is 6.04 Å². The Morgan fingerprint density at radius 1 is 0.541 bits per heavy atom. The largest absolute Gasteiger partial charge is 0.480 e. The molecule has 0 spiro atoms. The fourth-order valence-electron chi connectivity index (χ4n) is 6.66. The number of aliphatic carboxylic acids is 1. The maximum atomic E-state index is 12.3. The number of carboxylic acid groups (broad SMARTS) is 1. The molecule has 0 aromatic carbocycles. The van der Waals surface area contributed by atoms with Crippen LogP contribution in [0.25, 0.3) is 0 Å². The van der Waals surface area contributed by atoms with Crippen molar-refractivity contribution in [3.8, 4) is 0 Å². The average Bonchev–Trinajstić information content (AvgIpc) is 3.24. The highest BCUT2D eigenvalue weighted by Crippen LogP contribution is 2.43. The first-order valence-electron chi connectivity index (χ1n) is 24.2. The topological polar surface area (TPSA) is 169 Å². The minimum absolute atomic E-state index is 0.0924. The number of unbranched alkanes of at least 4 members (excludes halogenated alkanes) is 23. The van der Waals surface area contributed by atoms with Crippen molar-refractivity contribution in [1.82, 2.24) is 5.32 Å². The summed E-state index contributed by atoms with van der Waals surface area (Å²) in [5.74, 6) is -2.43. The molecule has 1 amide bonds. The standard InChI is InChI=1S/C49H88NO10P/c1-3-5-7-9-11-13-15-17-19-20-21-22-23-24-25-27-29-31-33-35-37-39-41-48(53)58-42-45(51)43-59-61(56,57)60-44-46(49(54)55)50-47(52)40-38-36-34-32-30-28-26-18-16-14-12-10-8-6-4-2/h6,8,12,14,18,26,30,32,45-46,51H,3-5,7,9-11,13,15-17,19-25,27-29,31,33-44H2,1-2H3,(H,50,52)(H,54,55)(H,56,57)/b8-6-,14-12-,26-18-,32-30-. The van der Waals surface area contributed by atoms with Gasteiger partial charge in [0.05, 0.1) is 13.2 Å². The molecule has 0 aliphatic heterocycles. The van der Waals surface area contributed by atoms with Crippen molar-refractivity contribution >= 4 is 25.7 Å². The van der Waals surface area contributed by atoms with Crippen molar-refractivity contribution in [2.24, 2.45) is 0 Å². The van der Waals surface area contributed by atoms with Gasteiger partial charge in [-0.1, -0.05) is 197 Å². The van der Waals surface area contributed by atoms with Gasteiger partial charge in [0.1, 0.15) is 12.7 Å². The van der Waals surface area contributed by atoms with E-state index in [-0.39, 0.29) is 12.8 Å². The van der Waals surface area contributed by atoms with Gasteiger partial charge >= 0.3 is 19.8 Å². The van der Waals surface area contributed by atoms with Gasteiger partial charge in [-0.3, -0.25) is 18.6 Å². The van der Waals surface area contributed by atoms with Crippen molar-refractivity contribution in [2.45, 2.75) is 225 Å². The summed E-state index contributed by atoms with van der Waals surface area (Å²) in [7, 11) is -4.77. The lowest BCUT2D eigenvalue weighted by molar-refractivity contribution is -0.147. The summed E-state index contributed by atoms with van der Waals surface area (Å²) in [5.41, 5.74) is 0. The molecule has 0 aromatic heterocycles. The molecule has 0 radical (unpaired) electrons. The van der Waals surface area contributed by atoms with Gasteiger partial charge in [0.2, 0.25) is 5.91 Å². The van der Waals surface area contributed by atoms with E-state index in [1.54, 1.807) is 0 Å². The number of carbonyl (C=O) groups is 3. The van der Waals surface area contributed by atoms with Crippen LogP contribution in [0.3, 0.4) is 0 Å². The third-order valence-electron chi connectivity index (χ3n) is 10.4. The second kappa shape index (κ2) is 44.1. The van der Waals surface area contributed by atoms with Crippen LogP contribution in [0.1, 0.15) is 213 Å². The van der Waals surface area contributed by atoms with E-state index < -0.39 is 57.6 Å². The van der Waals surface area contributed by atoms with Crippen molar-refractivity contribution in [2.75, 3.05) is 19.8 Å². The third-order valence-corrected chi connectivity index (χ3v) is 11.3. The second-order valence-corrected chi connectivity index (χ2v) is 17.7. The number of carbonyl (C=O) groups excluding carboxylic acids is 2. The van der Waals surface area contributed by atoms with E-state index in [0.717, 1.165) is 57.8 Å². The number of amides is 1. The van der Waals surface area contributed by atoms with E-state index in [1.165, 1.54) is 116 Å². The predicted molar refractivity (Wildman–Crippen MR) is 249 cm³/mol. The van der Waals surface area contributed by atoms with E-state index >= 15 is 0 Å². The van der Waals surface area contributed by atoms with E-state index in [2.05, 4.69) is 61.7 Å². The molecule has 61 heavy (non-hydrogen) atoms. The molecule has 0 saturated carbocycles. The van der Waals surface area contributed by atoms with E-state index in [1.807, 2.05) is 6.08 Å². The number of aliphatic hydroxyl groups excluding tert-OH is 1. The first-order valence-corrected chi connectivity index (χ1v) is 25.7. The van der Waals surface area contributed by atoms with Crippen LogP contribution in [0.4, 0.5) is 0 Å². The van der Waals surface area contributed by atoms with Gasteiger partial charge in [0, 0.05) is 12.8 Å². The van der Waals surface area contributed by atoms with E-state index in [0.29, 0.717) is 12.8 Å². The van der Waals surface area contributed by atoms with Crippen LogP contribution >= 0.6 is 7.82 Å². The lowest BCUT2D eigenvalue weighted by Crippen LogP contribution is -2.43. The van der Waals surface area contributed by atoms with Gasteiger partial charge in [0.25, 0.3) is 0 Å². The first kappa shape index (κ1) is 58.4. The molecule has 0 bridgehead atoms. The van der Waals surface area contributed by atoms with Crippen LogP contribution in [0.15, 0.2) is 48.6 Å². The fourth-order valence-corrected chi connectivity index (χ4v) is 7.43. The van der Waals surface area contributed by atoms with Crippen LogP contribution in [0, 0.1) is 0 Å². The quantitative estimate of drug-likeness (QED) is 0.0200. The highest BCUT2D eigenvalue weighted by molar-refractivity contribution is 7.47. The molecule has 0 rings (SSSR count). The molecule has 0 aliphatic rings. The molecule has 354 valence electrons. The minimum Gasteiger partial charge on any atom is -0.480 e. The highest BCUT2D eigenvalue weighted by atomic mass is 31.2. The van der Waals surface area contributed by atoms with Crippen LogP contribution in [-0.2, 0) is 32.7 Å². The molecule has 0 aromatic rings. The van der Waals surface area contributed by atoms with Crippen molar-refractivity contribution in [3.05, 3.63) is 48.6 Å². The molecule has 3 atom stereocenters. The SMILES string of the molecule is CC/C=C\C/C=C\C/C=C\C/C=C\CCCCC(=O)NC(COP(=O)(O)OCC(O)COC(=O)CCCCCCCCCCCCCCCCCCCCCCCC)C(=O)O. The molecule has 12 heteroatoms. The molecule has 0 aliphatic carbocycles. The Labute approximate surface area is 371 Å². The second-order valence-electron chi connectivity index (χ2n) is 16.3. The summed E-state index contributed by atoms with van der Waals surface area (Å²) < 4.78 is 26.9. The molecule has 11 nitrogen and oxygen atoms in total. The van der Waals surface area contributed by atoms with Crippen molar-refractivity contribution in [3.63, 3.8) is 0 Å². The van der Waals surface area contributed by atoms with Crippen LogP contribution in [-0.4, -0.2) is 64.9 Å². The lowest BCUT2D eigenvalue weighted by Gasteiger charge is -2.18. The van der Waals surface area contributed by atoms with Crippen LogP contribution in [0.5, 0.6) is 0 Å². The normalized spacial score (nSPS) is 14.0. The van der Waals surface area contributed by atoms with Crippen molar-refractivity contribution < 1.29 is 47.8 Å². The zero-order valence-corrected chi connectivity index (χ0v) is 39.4. The smallest absolute Gasteiger partial charge is 0.472 e. The number of carboxylic acids is 1. The Hall–Kier alpha value is -2.56. The third kappa shape index (κ3) is 43.9. The Bertz CT molecular complexity index is 1220. The fraction of sp³-hybridized carbons (Fsp3) is 0.776. The Balaban J connectivity index is 3.84. The van der Waals surface area contributed by atoms with Crippen molar-refractivity contribution in [1.29, 1.82) is 0 Å². The summed E-state index contributed by atoms with van der Waals surface area (Å²) in [6.07, 6.45) is 50.1. The molecular weight excluding hydrogens is 794 g/mol. The number of aliphatic hydroxyl groups is 1. The van der Waals surface area contributed by atoms with Crippen LogP contribution < -0.4 is 5.32 Å². The van der Waals surface area contributed by atoms with Gasteiger partial charge in [-0.2, -0.15) is 0 Å². The first-order chi connectivity index (χ1) is 29.6. The number of esters is 1. The van der Waals surface area contributed by atoms with Gasteiger partial charge < -0.3 is 25.2 Å². The van der Waals surface area contributed by atoms with Gasteiger partial charge in [-0.15, -0.1) is 0 Å². The maximum Gasteiger partial charge on any atom is 0.472 e. The Morgan fingerprint density at radius 2 is 0.951 bits per heavy atom. The number of nitrogens with one attached hydrogen (secondary N) is 1. The monoisotopic (exact) mass is 882 g/mol. The maximum absolute atomic E-state index is 12.3. The van der Waals surface area contributed by atoms with E-state index in [4.69, 9.17) is 13.8 Å². The molecular formula is C49H88NO10P. The molecule has 0 heterocycles. The molecule has 4 N–H and O–H groups in total. The number of phosphoric acid groups is 1. The number of ether oxygens (including phenoxy) is 1. The van der Waals surface area contributed by atoms with E-state index in [9.17, 15) is 34.1 Å². The zero-order valence-electron chi connectivity index (χ0n) is 38.5. The average molecular weight is 882 g/mol. The number of phosphoric ester groups is 1. The molecule has 0 fully saturated rings. The van der Waals surface area contributed by atoms with Gasteiger partial charge in [-0.05, 0) is 51.4 Å². The summed E-state index contributed by atoms with van der Waals surface area (Å²) in [4.78, 5) is 46.0. The predicted octanol–water partition coefficient (Wildman–Crippen LogP) is 13.0. The number of hydrogen-bond donors (Lipinski definition) is 4. The number of rotatable bonds is 45. The summed E-state index contributed by atoms with van der Waals surface area (Å²) in [5, 5.41) is 21.8.